The minimum Gasteiger partial charge on any atom is -0.367 e. The monoisotopic (exact) mass is 291 g/mol. The molecule has 0 aliphatic heterocycles. The lowest BCUT2D eigenvalue weighted by Gasteiger charge is -2.42. The zero-order valence-electron chi connectivity index (χ0n) is 13.9. The summed E-state index contributed by atoms with van der Waals surface area (Å²) < 4.78 is 6.16. The second-order valence-electron chi connectivity index (χ2n) is 6.74. The van der Waals surface area contributed by atoms with Crippen LogP contribution in [0, 0.1) is 5.41 Å². The van der Waals surface area contributed by atoms with Gasteiger partial charge in [0.1, 0.15) is 5.60 Å². The Balaban J connectivity index is 2.22. The molecule has 0 amide bonds. The van der Waals surface area contributed by atoms with Gasteiger partial charge >= 0.3 is 0 Å². The van der Waals surface area contributed by atoms with Gasteiger partial charge in [-0.1, -0.05) is 20.8 Å². The first-order valence-corrected chi connectivity index (χ1v) is 8.18. The molecule has 1 heterocycles. The molecule has 118 valence electrons. The second kappa shape index (κ2) is 6.84. The lowest BCUT2D eigenvalue weighted by molar-refractivity contribution is -0.0949. The van der Waals surface area contributed by atoms with Crippen molar-refractivity contribution in [1.29, 1.82) is 0 Å². The van der Waals surface area contributed by atoms with E-state index in [4.69, 9.17) is 9.72 Å². The predicted molar refractivity (Wildman–Crippen MR) is 85.0 cm³/mol. The largest absolute Gasteiger partial charge is 0.367 e. The number of nitrogens with zero attached hydrogens (tertiary/aromatic N) is 2. The van der Waals surface area contributed by atoms with Gasteiger partial charge in [-0.3, -0.25) is 0 Å². The summed E-state index contributed by atoms with van der Waals surface area (Å²) in [4.78, 5) is 9.32. The van der Waals surface area contributed by atoms with Crippen LogP contribution >= 0.6 is 0 Å². The van der Waals surface area contributed by atoms with Crippen molar-refractivity contribution < 1.29 is 4.74 Å². The third-order valence-electron chi connectivity index (χ3n) is 4.51. The summed E-state index contributed by atoms with van der Waals surface area (Å²) in [6, 6.07) is 1.98. The molecular formula is C17H29N3O. The highest BCUT2D eigenvalue weighted by molar-refractivity contribution is 5.10. The van der Waals surface area contributed by atoms with Crippen molar-refractivity contribution in [3.05, 3.63) is 23.8 Å². The van der Waals surface area contributed by atoms with Gasteiger partial charge in [-0.05, 0) is 50.6 Å². The highest BCUT2D eigenvalue weighted by atomic mass is 16.5. The smallest absolute Gasteiger partial charge is 0.160 e. The Morgan fingerprint density at radius 2 is 1.90 bits per heavy atom. The minimum atomic E-state index is -0.285. The molecule has 0 saturated heterocycles. The molecule has 1 fully saturated rings. The van der Waals surface area contributed by atoms with Crippen LogP contribution in [0.4, 0.5) is 0 Å². The van der Waals surface area contributed by atoms with Gasteiger partial charge in [0.25, 0.3) is 0 Å². The van der Waals surface area contributed by atoms with Crippen LogP contribution in [0.2, 0.25) is 0 Å². The molecule has 2 rings (SSSR count). The van der Waals surface area contributed by atoms with E-state index in [-0.39, 0.29) is 5.60 Å². The van der Waals surface area contributed by atoms with Crippen molar-refractivity contribution in [2.75, 3.05) is 13.2 Å². The van der Waals surface area contributed by atoms with Gasteiger partial charge in [0, 0.05) is 19.3 Å². The quantitative estimate of drug-likeness (QED) is 0.872. The van der Waals surface area contributed by atoms with E-state index >= 15 is 0 Å². The number of nitrogens with one attached hydrogen (secondary N) is 1. The summed E-state index contributed by atoms with van der Waals surface area (Å²) in [6.07, 6.45) is 6.22. The molecule has 4 heteroatoms. The molecular weight excluding hydrogens is 262 g/mol. The van der Waals surface area contributed by atoms with Gasteiger partial charge in [0.05, 0.1) is 5.69 Å². The van der Waals surface area contributed by atoms with E-state index in [0.717, 1.165) is 50.3 Å². The highest BCUT2D eigenvalue weighted by Crippen LogP contribution is 2.46. The fraction of sp³-hybridized carbons (Fsp3) is 0.765. The number of hydrogen-bond donors (Lipinski definition) is 1. The molecule has 1 aliphatic carbocycles. The molecule has 0 atom stereocenters. The zero-order valence-corrected chi connectivity index (χ0v) is 13.9. The first-order chi connectivity index (χ1) is 10.0. The lowest BCUT2D eigenvalue weighted by atomic mass is 9.70. The van der Waals surface area contributed by atoms with Crippen LogP contribution in [0.5, 0.6) is 0 Å². The normalized spacial score (nSPS) is 20.4. The summed E-state index contributed by atoms with van der Waals surface area (Å²) in [5.74, 6) is 0.871. The third kappa shape index (κ3) is 4.01. The molecule has 1 saturated carbocycles. The summed E-state index contributed by atoms with van der Waals surface area (Å²) in [5, 5.41) is 3.32. The summed E-state index contributed by atoms with van der Waals surface area (Å²) in [5.41, 5.74) is 1.17. The SMILES string of the molecule is CCNCc1ccnc(C2(OCC)CCC(C)(C)CC2)n1. The van der Waals surface area contributed by atoms with E-state index in [0.29, 0.717) is 12.0 Å². The van der Waals surface area contributed by atoms with Crippen molar-refractivity contribution in [2.24, 2.45) is 5.41 Å². The molecule has 1 aromatic rings. The average molecular weight is 291 g/mol. The molecule has 1 aliphatic rings. The Hall–Kier alpha value is -1.00. The van der Waals surface area contributed by atoms with Crippen molar-refractivity contribution in [2.45, 2.75) is 65.5 Å². The Morgan fingerprint density at radius 1 is 1.19 bits per heavy atom. The maximum Gasteiger partial charge on any atom is 0.160 e. The zero-order chi connectivity index (χ0) is 15.3. The van der Waals surface area contributed by atoms with Crippen molar-refractivity contribution in [3.8, 4) is 0 Å². The molecule has 0 bridgehead atoms. The van der Waals surface area contributed by atoms with Crippen LogP contribution in [0.3, 0.4) is 0 Å². The predicted octanol–water partition coefficient (Wildman–Crippen LogP) is 3.42. The van der Waals surface area contributed by atoms with Gasteiger partial charge in [-0.25, -0.2) is 9.97 Å². The van der Waals surface area contributed by atoms with Crippen molar-refractivity contribution >= 4 is 0 Å². The van der Waals surface area contributed by atoms with E-state index in [2.05, 4.69) is 38.0 Å². The molecule has 21 heavy (non-hydrogen) atoms. The van der Waals surface area contributed by atoms with Gasteiger partial charge in [-0.2, -0.15) is 0 Å². The number of aromatic nitrogens is 2. The molecule has 0 unspecified atom stereocenters. The second-order valence-corrected chi connectivity index (χ2v) is 6.74. The number of rotatable bonds is 6. The van der Waals surface area contributed by atoms with E-state index in [1.165, 1.54) is 0 Å². The number of hydrogen-bond acceptors (Lipinski definition) is 4. The van der Waals surface area contributed by atoms with Crippen LogP contribution in [-0.2, 0) is 16.9 Å². The Labute approximate surface area is 128 Å². The number of ether oxygens (including phenoxy) is 1. The topological polar surface area (TPSA) is 47.0 Å². The maximum absolute atomic E-state index is 6.16. The Morgan fingerprint density at radius 3 is 2.52 bits per heavy atom. The van der Waals surface area contributed by atoms with E-state index < -0.39 is 0 Å². The molecule has 1 aromatic heterocycles. The van der Waals surface area contributed by atoms with Crippen LogP contribution in [0.25, 0.3) is 0 Å². The summed E-state index contributed by atoms with van der Waals surface area (Å²) in [7, 11) is 0. The van der Waals surface area contributed by atoms with Gasteiger partial charge in [0.2, 0.25) is 0 Å². The van der Waals surface area contributed by atoms with Crippen molar-refractivity contribution in [1.82, 2.24) is 15.3 Å². The van der Waals surface area contributed by atoms with Crippen LogP contribution in [0.1, 0.15) is 64.9 Å². The van der Waals surface area contributed by atoms with Crippen molar-refractivity contribution in [3.63, 3.8) is 0 Å². The molecule has 0 spiro atoms. The van der Waals surface area contributed by atoms with Crippen LogP contribution in [0.15, 0.2) is 12.3 Å². The van der Waals surface area contributed by atoms with Crippen LogP contribution in [-0.4, -0.2) is 23.1 Å². The minimum absolute atomic E-state index is 0.285. The maximum atomic E-state index is 6.16. The third-order valence-corrected chi connectivity index (χ3v) is 4.51. The van der Waals surface area contributed by atoms with Gasteiger partial charge < -0.3 is 10.1 Å². The Kier molecular flexibility index (Phi) is 5.33. The molecule has 0 aromatic carbocycles. The van der Waals surface area contributed by atoms with E-state index in [9.17, 15) is 0 Å². The Bertz CT molecular complexity index is 449. The van der Waals surface area contributed by atoms with Gasteiger partial charge in [0.15, 0.2) is 5.82 Å². The molecule has 4 nitrogen and oxygen atoms in total. The van der Waals surface area contributed by atoms with E-state index in [1.54, 1.807) is 0 Å². The highest BCUT2D eigenvalue weighted by Gasteiger charge is 2.42. The fourth-order valence-electron chi connectivity index (χ4n) is 3.01. The molecule has 1 N–H and O–H groups in total. The summed E-state index contributed by atoms with van der Waals surface area (Å²) in [6.45, 7) is 11.3. The van der Waals surface area contributed by atoms with Gasteiger partial charge in [-0.15, -0.1) is 0 Å². The van der Waals surface area contributed by atoms with Crippen LogP contribution < -0.4 is 5.32 Å². The standard InChI is InChI=1S/C17H29N3O/c1-5-18-13-14-7-12-19-15(20-14)17(21-6-2)10-8-16(3,4)9-11-17/h7,12,18H,5-6,8-11,13H2,1-4H3. The first-order valence-electron chi connectivity index (χ1n) is 8.18. The van der Waals surface area contributed by atoms with E-state index in [1.807, 2.05) is 12.3 Å². The average Bonchev–Trinajstić information content (AvgIpc) is 2.48. The fourth-order valence-corrected chi connectivity index (χ4v) is 3.01. The molecule has 0 radical (unpaired) electrons. The summed E-state index contributed by atoms with van der Waals surface area (Å²) >= 11 is 0. The lowest BCUT2D eigenvalue weighted by Crippen LogP contribution is -2.39. The first kappa shape index (κ1) is 16.4.